The molecule has 0 aromatic heterocycles. The Morgan fingerprint density at radius 3 is 2.48 bits per heavy atom. The number of amides is 2. The van der Waals surface area contributed by atoms with E-state index in [2.05, 4.69) is 40.5 Å². The number of nitrogens with one attached hydrogen (secondary N) is 1. The lowest BCUT2D eigenvalue weighted by Gasteiger charge is -2.44. The second-order valence-corrected chi connectivity index (χ2v) is 17.5. The van der Waals surface area contributed by atoms with E-state index in [1.54, 1.807) is 6.92 Å². The van der Waals surface area contributed by atoms with Crippen molar-refractivity contribution in [2.75, 3.05) is 57.3 Å². The summed E-state index contributed by atoms with van der Waals surface area (Å²) in [6.07, 6.45) is 10.5. The number of hydrogen-bond donors (Lipinski definition) is 1. The van der Waals surface area contributed by atoms with Crippen molar-refractivity contribution in [1.29, 1.82) is 0 Å². The SMILES string of the molecule is CC1CCCCC2CCC2CN2C[C@@]3(CCCc4cc(Cl)ccc43)COc3ccc(cc32)C(=O)NS(=O)C1C.CCN1CCN(C(C)=O)CC1. The molecule has 8 nitrogen and oxygen atoms in total. The van der Waals surface area contributed by atoms with E-state index in [4.69, 9.17) is 16.3 Å². The fraction of sp³-hybridized carbons (Fsp3) is 0.650. The molecule has 10 heteroatoms. The summed E-state index contributed by atoms with van der Waals surface area (Å²) >= 11 is 6.40. The number of anilines is 1. The second kappa shape index (κ2) is 16.4. The van der Waals surface area contributed by atoms with E-state index in [-0.39, 0.29) is 22.5 Å². The van der Waals surface area contributed by atoms with Crippen molar-refractivity contribution in [1.82, 2.24) is 14.5 Å². The number of nitrogens with zero attached hydrogens (tertiary/aromatic N) is 3. The zero-order chi connectivity index (χ0) is 35.4. The van der Waals surface area contributed by atoms with Gasteiger partial charge in [0, 0.05) is 62.2 Å². The third-order valence-corrected chi connectivity index (χ3v) is 14.2. The van der Waals surface area contributed by atoms with Crippen molar-refractivity contribution in [3.63, 3.8) is 0 Å². The number of benzene rings is 2. The fourth-order valence-corrected chi connectivity index (χ4v) is 9.98. The molecule has 7 rings (SSSR count). The predicted octanol–water partition coefficient (Wildman–Crippen LogP) is 7.00. The number of aryl methyl sites for hydroxylation is 1. The lowest BCUT2D eigenvalue weighted by Crippen LogP contribution is -2.48. The first-order chi connectivity index (χ1) is 24.1. The highest BCUT2D eigenvalue weighted by Gasteiger charge is 2.43. The molecule has 1 saturated carbocycles. The molecule has 2 amide bonds. The lowest BCUT2D eigenvalue weighted by atomic mass is 9.68. The molecule has 6 atom stereocenters. The quantitative estimate of drug-likeness (QED) is 0.341. The van der Waals surface area contributed by atoms with Crippen LogP contribution in [0.25, 0.3) is 0 Å². The van der Waals surface area contributed by atoms with Gasteiger partial charge in [-0.05, 0) is 111 Å². The van der Waals surface area contributed by atoms with Gasteiger partial charge in [-0.3, -0.25) is 14.3 Å². The molecule has 2 aliphatic carbocycles. The van der Waals surface area contributed by atoms with Crippen LogP contribution in [0.5, 0.6) is 5.75 Å². The summed E-state index contributed by atoms with van der Waals surface area (Å²) in [5, 5.41) is 0.710. The molecule has 2 fully saturated rings. The summed E-state index contributed by atoms with van der Waals surface area (Å²) in [4.78, 5) is 31.0. The summed E-state index contributed by atoms with van der Waals surface area (Å²) in [6, 6.07) is 12.1. The van der Waals surface area contributed by atoms with Gasteiger partial charge in [0.05, 0.1) is 17.5 Å². The van der Waals surface area contributed by atoms with E-state index < -0.39 is 11.0 Å². The first-order valence-electron chi connectivity index (χ1n) is 19.1. The van der Waals surface area contributed by atoms with E-state index in [0.717, 1.165) is 100 Å². The van der Waals surface area contributed by atoms with E-state index in [1.807, 2.05) is 36.1 Å². The Balaban J connectivity index is 0.000000336. The van der Waals surface area contributed by atoms with Crippen LogP contribution in [0.15, 0.2) is 36.4 Å². The second-order valence-electron chi connectivity index (χ2n) is 15.5. The summed E-state index contributed by atoms with van der Waals surface area (Å²) in [5.41, 5.74) is 4.11. The maximum atomic E-state index is 13.3. The average molecular weight is 725 g/mol. The number of carbonyl (C=O) groups excluding carboxylic acids is 2. The molecule has 3 aliphatic heterocycles. The first kappa shape index (κ1) is 37.1. The van der Waals surface area contributed by atoms with Crippen molar-refractivity contribution in [2.45, 2.75) is 96.1 Å². The molecular weight excluding hydrogens is 668 g/mol. The number of carbonyl (C=O) groups is 2. The number of likely N-dealkylation sites (N-methyl/N-ethyl adjacent to an activating group) is 1. The Morgan fingerprint density at radius 1 is 1.00 bits per heavy atom. The number of halogens is 1. The highest BCUT2D eigenvalue weighted by Crippen LogP contribution is 2.47. The van der Waals surface area contributed by atoms with Crippen molar-refractivity contribution >= 4 is 40.1 Å². The Hall–Kier alpha value is -2.62. The Kier molecular flexibility index (Phi) is 12.2. The minimum Gasteiger partial charge on any atom is -0.490 e. The Labute approximate surface area is 307 Å². The van der Waals surface area contributed by atoms with Gasteiger partial charge in [-0.15, -0.1) is 0 Å². The van der Waals surface area contributed by atoms with Crippen LogP contribution in [0.1, 0.15) is 101 Å². The van der Waals surface area contributed by atoms with Crippen molar-refractivity contribution < 1.29 is 18.5 Å². The normalized spacial score (nSPS) is 30.3. The molecule has 0 radical (unpaired) electrons. The molecule has 2 bridgehead atoms. The third-order valence-electron chi connectivity index (χ3n) is 12.4. The van der Waals surface area contributed by atoms with Crippen LogP contribution in [0.3, 0.4) is 0 Å². The van der Waals surface area contributed by atoms with Crippen molar-refractivity contribution in [2.24, 2.45) is 17.8 Å². The molecule has 50 heavy (non-hydrogen) atoms. The van der Waals surface area contributed by atoms with Gasteiger partial charge in [0.15, 0.2) is 0 Å². The summed E-state index contributed by atoms with van der Waals surface area (Å²) in [7, 11) is -1.43. The topological polar surface area (TPSA) is 82.2 Å². The number of hydrogen-bond acceptors (Lipinski definition) is 6. The molecule has 2 aromatic rings. The van der Waals surface area contributed by atoms with Gasteiger partial charge < -0.3 is 19.4 Å². The standard InChI is InChI=1S/C32H41ClN2O3S.C8H16N2O/c1-21-6-3-4-7-23-9-10-26(23)18-35-19-32(15-5-8-24-16-27(33)12-13-28(24)32)20-38-30-14-11-25(17-29(30)35)31(36)34-39(37)22(21)2;1-3-9-4-6-10(7-5-9)8(2)11/h11-14,16-17,21-23,26H,3-10,15,18-20H2,1-2H3,(H,34,36);3-7H2,1-2H3/t21?,22?,23?,26?,32-,39?;/m0./s1. The maximum Gasteiger partial charge on any atom is 0.263 e. The maximum absolute atomic E-state index is 13.3. The molecule has 5 unspecified atom stereocenters. The number of rotatable bonds is 1. The minimum atomic E-state index is -1.43. The van der Waals surface area contributed by atoms with Gasteiger partial charge in [0.2, 0.25) is 5.91 Å². The zero-order valence-electron chi connectivity index (χ0n) is 30.6. The minimum absolute atomic E-state index is 0.0845. The van der Waals surface area contributed by atoms with Crippen LogP contribution < -0.4 is 14.4 Å². The summed E-state index contributed by atoms with van der Waals surface area (Å²) < 4.78 is 22.5. The van der Waals surface area contributed by atoms with Crippen molar-refractivity contribution in [3.05, 3.63) is 58.1 Å². The molecular formula is C40H57ClN4O4S. The average Bonchev–Trinajstić information content (AvgIpc) is 3.26. The fourth-order valence-electron chi connectivity index (χ4n) is 8.74. The highest BCUT2D eigenvalue weighted by molar-refractivity contribution is 7.84. The first-order valence-corrected chi connectivity index (χ1v) is 20.7. The number of fused-ring (bicyclic) bond motifs is 4. The van der Waals surface area contributed by atoms with E-state index in [9.17, 15) is 13.8 Å². The third kappa shape index (κ3) is 8.36. The zero-order valence-corrected chi connectivity index (χ0v) is 32.1. The summed E-state index contributed by atoms with van der Waals surface area (Å²) in [5.74, 6) is 2.49. The number of ether oxygens (including phenoxy) is 1. The molecule has 1 saturated heterocycles. The van der Waals surface area contributed by atoms with Gasteiger partial charge in [-0.2, -0.15) is 0 Å². The number of piperazine rings is 1. The largest absolute Gasteiger partial charge is 0.490 e. The predicted molar refractivity (Wildman–Crippen MR) is 204 cm³/mol. The molecule has 3 heterocycles. The van der Waals surface area contributed by atoms with Gasteiger partial charge in [0.1, 0.15) is 16.7 Å². The van der Waals surface area contributed by atoms with Crippen LogP contribution >= 0.6 is 11.6 Å². The smallest absolute Gasteiger partial charge is 0.263 e. The highest BCUT2D eigenvalue weighted by atomic mass is 35.5. The van der Waals surface area contributed by atoms with Gasteiger partial charge in [0.25, 0.3) is 5.91 Å². The van der Waals surface area contributed by atoms with Crippen LogP contribution in [0.2, 0.25) is 5.02 Å². The van der Waals surface area contributed by atoms with E-state index in [0.29, 0.717) is 24.0 Å². The molecule has 1 N–H and O–H groups in total. The van der Waals surface area contributed by atoms with Crippen LogP contribution in [0.4, 0.5) is 5.69 Å². The van der Waals surface area contributed by atoms with Crippen LogP contribution in [-0.2, 0) is 27.6 Å². The van der Waals surface area contributed by atoms with Gasteiger partial charge in [-0.25, -0.2) is 4.21 Å². The summed E-state index contributed by atoms with van der Waals surface area (Å²) in [6.45, 7) is 15.4. The van der Waals surface area contributed by atoms with E-state index >= 15 is 0 Å². The van der Waals surface area contributed by atoms with Gasteiger partial charge >= 0.3 is 0 Å². The van der Waals surface area contributed by atoms with Crippen LogP contribution in [0, 0.1) is 17.8 Å². The Bertz CT molecular complexity index is 1550. The molecule has 274 valence electrons. The van der Waals surface area contributed by atoms with Crippen LogP contribution in [-0.4, -0.2) is 83.5 Å². The van der Waals surface area contributed by atoms with Gasteiger partial charge in [-0.1, -0.05) is 50.8 Å². The molecule has 1 spiro atoms. The molecule has 5 aliphatic rings. The monoisotopic (exact) mass is 724 g/mol. The Morgan fingerprint density at radius 2 is 1.76 bits per heavy atom. The lowest BCUT2D eigenvalue weighted by molar-refractivity contribution is -0.130. The van der Waals surface area contributed by atoms with E-state index in [1.165, 1.54) is 36.8 Å². The molecule has 2 aromatic carbocycles. The van der Waals surface area contributed by atoms with Crippen molar-refractivity contribution in [3.8, 4) is 5.75 Å².